The first kappa shape index (κ1) is 25.9. The van der Waals surface area contributed by atoms with Gasteiger partial charge in [0.1, 0.15) is 11.4 Å². The third kappa shape index (κ3) is 7.93. The molecule has 33 heavy (non-hydrogen) atoms. The number of benzene rings is 2. The van der Waals surface area contributed by atoms with E-state index in [-0.39, 0.29) is 17.9 Å². The molecule has 2 rings (SSSR count). The molecular weight excluding hydrogens is 416 g/mol. The van der Waals surface area contributed by atoms with Crippen LogP contribution in [0.1, 0.15) is 63.0 Å². The van der Waals surface area contributed by atoms with Crippen molar-refractivity contribution in [3.8, 4) is 0 Å². The molecule has 0 aromatic heterocycles. The van der Waals surface area contributed by atoms with Crippen LogP contribution in [0.15, 0.2) is 53.5 Å². The average Bonchev–Trinajstić information content (AvgIpc) is 2.74. The Balaban J connectivity index is 2.24. The first-order valence-corrected chi connectivity index (χ1v) is 11.0. The quantitative estimate of drug-likeness (QED) is 0.493. The molecule has 0 spiro atoms. The molecule has 178 valence electrons. The van der Waals surface area contributed by atoms with E-state index in [0.29, 0.717) is 17.9 Å². The standard InChI is InChI=1S/C26H36N4O3/c1-25(2,3)20-12-14-21(15-13-20)30(24(32)33-26(4,5)6)17-18-8-10-19(11-9-18)23(31)29-16-22(27)28-7/h8-15H,16-17H2,1-7H3,(H2,27,28)(H,29,31). The number of nitrogens with one attached hydrogen (secondary N) is 1. The number of hydrogen-bond acceptors (Lipinski definition) is 4. The molecule has 7 nitrogen and oxygen atoms in total. The summed E-state index contributed by atoms with van der Waals surface area (Å²) in [5.74, 6) is 0.111. The van der Waals surface area contributed by atoms with Crippen LogP contribution >= 0.6 is 0 Å². The Morgan fingerprint density at radius 2 is 1.55 bits per heavy atom. The highest BCUT2D eigenvalue weighted by Gasteiger charge is 2.24. The number of amides is 2. The zero-order valence-corrected chi connectivity index (χ0v) is 20.7. The van der Waals surface area contributed by atoms with Crippen LogP contribution in [0.25, 0.3) is 0 Å². The maximum atomic E-state index is 13.0. The highest BCUT2D eigenvalue weighted by Crippen LogP contribution is 2.27. The number of rotatable bonds is 6. The Labute approximate surface area is 197 Å². The lowest BCUT2D eigenvalue weighted by Gasteiger charge is -2.28. The van der Waals surface area contributed by atoms with Gasteiger partial charge in [-0.15, -0.1) is 0 Å². The van der Waals surface area contributed by atoms with Gasteiger partial charge in [0.15, 0.2) is 0 Å². The summed E-state index contributed by atoms with van der Waals surface area (Å²) in [5, 5.41) is 2.72. The first-order valence-electron chi connectivity index (χ1n) is 11.0. The summed E-state index contributed by atoms with van der Waals surface area (Å²) < 4.78 is 5.65. The molecule has 0 unspecified atom stereocenters. The summed E-state index contributed by atoms with van der Waals surface area (Å²) in [6.45, 7) is 12.5. The van der Waals surface area contributed by atoms with Crippen molar-refractivity contribution in [2.75, 3.05) is 18.5 Å². The minimum absolute atomic E-state index is 0.0132. The SMILES string of the molecule is CN=C(N)CNC(=O)c1ccc(CN(C(=O)OC(C)(C)C)c2ccc(C(C)(C)C)cc2)cc1. The fraction of sp³-hybridized carbons (Fsp3) is 0.423. The van der Waals surface area contributed by atoms with Crippen molar-refractivity contribution < 1.29 is 14.3 Å². The van der Waals surface area contributed by atoms with E-state index in [9.17, 15) is 9.59 Å². The summed E-state index contributed by atoms with van der Waals surface area (Å²) in [4.78, 5) is 30.7. The smallest absolute Gasteiger partial charge is 0.415 e. The molecule has 7 heteroatoms. The van der Waals surface area contributed by atoms with E-state index >= 15 is 0 Å². The summed E-state index contributed by atoms with van der Waals surface area (Å²) in [5.41, 5.74) is 8.31. The van der Waals surface area contributed by atoms with Gasteiger partial charge < -0.3 is 15.8 Å². The molecule has 0 saturated carbocycles. The molecule has 0 atom stereocenters. The van der Waals surface area contributed by atoms with Gasteiger partial charge in [-0.05, 0) is 61.6 Å². The largest absolute Gasteiger partial charge is 0.443 e. The minimum atomic E-state index is -0.619. The molecule has 0 saturated heterocycles. The van der Waals surface area contributed by atoms with E-state index in [0.717, 1.165) is 11.3 Å². The molecule has 0 bridgehead atoms. The molecule has 0 aliphatic heterocycles. The van der Waals surface area contributed by atoms with Gasteiger partial charge in [-0.25, -0.2) is 4.79 Å². The lowest BCUT2D eigenvalue weighted by molar-refractivity contribution is 0.0577. The summed E-state index contributed by atoms with van der Waals surface area (Å²) in [6, 6.07) is 15.0. The van der Waals surface area contributed by atoms with E-state index in [1.807, 2.05) is 57.2 Å². The molecular formula is C26H36N4O3. The molecule has 0 radical (unpaired) electrons. The first-order chi connectivity index (χ1) is 15.3. The molecule has 0 heterocycles. The molecule has 3 N–H and O–H groups in total. The van der Waals surface area contributed by atoms with Gasteiger partial charge in [-0.3, -0.25) is 14.7 Å². The van der Waals surface area contributed by atoms with Gasteiger partial charge >= 0.3 is 6.09 Å². The maximum absolute atomic E-state index is 13.0. The Morgan fingerprint density at radius 1 is 0.970 bits per heavy atom. The zero-order valence-electron chi connectivity index (χ0n) is 20.7. The second-order valence-corrected chi connectivity index (χ2v) is 9.96. The van der Waals surface area contributed by atoms with E-state index in [2.05, 4.69) is 31.1 Å². The van der Waals surface area contributed by atoms with Gasteiger partial charge in [0.2, 0.25) is 0 Å². The zero-order chi connectivity index (χ0) is 24.8. The second-order valence-electron chi connectivity index (χ2n) is 9.96. The normalized spacial score (nSPS) is 12.3. The van der Waals surface area contributed by atoms with Crippen LogP contribution in [0.2, 0.25) is 0 Å². The van der Waals surface area contributed by atoms with Crippen molar-refractivity contribution in [1.82, 2.24) is 5.32 Å². The number of nitrogens with two attached hydrogens (primary N) is 1. The summed E-state index contributed by atoms with van der Waals surface area (Å²) in [6.07, 6.45) is -0.429. The fourth-order valence-electron chi connectivity index (χ4n) is 3.02. The number of nitrogens with zero attached hydrogens (tertiary/aromatic N) is 2. The number of amidine groups is 1. The predicted molar refractivity (Wildman–Crippen MR) is 134 cm³/mol. The average molecular weight is 453 g/mol. The van der Waals surface area contributed by atoms with Crippen molar-refractivity contribution in [2.45, 2.75) is 59.1 Å². The molecule has 2 aromatic rings. The van der Waals surface area contributed by atoms with Crippen molar-refractivity contribution in [2.24, 2.45) is 10.7 Å². The highest BCUT2D eigenvalue weighted by atomic mass is 16.6. The van der Waals surface area contributed by atoms with Gasteiger partial charge in [-0.1, -0.05) is 45.0 Å². The number of anilines is 1. The Morgan fingerprint density at radius 3 is 2.03 bits per heavy atom. The number of carbonyl (C=O) groups excluding carboxylic acids is 2. The topological polar surface area (TPSA) is 97.0 Å². The van der Waals surface area contributed by atoms with Crippen molar-refractivity contribution in [3.63, 3.8) is 0 Å². The fourth-order valence-corrected chi connectivity index (χ4v) is 3.02. The van der Waals surface area contributed by atoms with Crippen LogP contribution in [0.5, 0.6) is 0 Å². The van der Waals surface area contributed by atoms with Crippen LogP contribution < -0.4 is 16.0 Å². The monoisotopic (exact) mass is 452 g/mol. The summed E-state index contributed by atoms with van der Waals surface area (Å²) in [7, 11) is 1.57. The van der Waals surface area contributed by atoms with Gasteiger partial charge in [0.25, 0.3) is 5.91 Å². The van der Waals surface area contributed by atoms with Crippen molar-refractivity contribution in [3.05, 3.63) is 65.2 Å². The van der Waals surface area contributed by atoms with Crippen molar-refractivity contribution in [1.29, 1.82) is 0 Å². The third-order valence-electron chi connectivity index (χ3n) is 4.93. The lowest BCUT2D eigenvalue weighted by Crippen LogP contribution is -2.36. The number of aliphatic imine (C=N–C) groups is 1. The van der Waals surface area contributed by atoms with Crippen LogP contribution in [0.3, 0.4) is 0 Å². The molecule has 2 amide bonds. The molecule has 2 aromatic carbocycles. The van der Waals surface area contributed by atoms with Crippen LogP contribution in [-0.4, -0.2) is 37.0 Å². The lowest BCUT2D eigenvalue weighted by atomic mass is 9.87. The minimum Gasteiger partial charge on any atom is -0.443 e. The van der Waals surface area contributed by atoms with Crippen LogP contribution in [-0.2, 0) is 16.7 Å². The number of hydrogen-bond donors (Lipinski definition) is 2. The Hall–Kier alpha value is -3.35. The maximum Gasteiger partial charge on any atom is 0.415 e. The number of ether oxygens (including phenoxy) is 1. The van der Waals surface area contributed by atoms with E-state index in [1.165, 1.54) is 5.56 Å². The van der Waals surface area contributed by atoms with Gasteiger partial charge in [-0.2, -0.15) is 0 Å². The number of carbonyl (C=O) groups is 2. The van der Waals surface area contributed by atoms with Crippen molar-refractivity contribution >= 4 is 23.5 Å². The van der Waals surface area contributed by atoms with E-state index < -0.39 is 11.7 Å². The van der Waals surface area contributed by atoms with Crippen LogP contribution in [0, 0.1) is 0 Å². The Bertz CT molecular complexity index is 982. The third-order valence-corrected chi connectivity index (χ3v) is 4.93. The molecule has 0 aliphatic carbocycles. The highest BCUT2D eigenvalue weighted by molar-refractivity contribution is 5.97. The predicted octanol–water partition coefficient (Wildman–Crippen LogP) is 4.64. The van der Waals surface area contributed by atoms with Gasteiger partial charge in [0.05, 0.1) is 13.1 Å². The van der Waals surface area contributed by atoms with Crippen LogP contribution in [0.4, 0.5) is 10.5 Å². The second kappa shape index (κ2) is 10.5. The van der Waals surface area contributed by atoms with E-state index in [1.54, 1.807) is 24.1 Å². The Kier molecular flexibility index (Phi) is 8.25. The molecule has 0 fully saturated rings. The van der Waals surface area contributed by atoms with E-state index in [4.69, 9.17) is 10.5 Å². The van der Waals surface area contributed by atoms with Gasteiger partial charge in [0, 0.05) is 18.3 Å². The summed E-state index contributed by atoms with van der Waals surface area (Å²) >= 11 is 0. The molecule has 0 aliphatic rings.